The molecule has 0 spiro atoms. The van der Waals surface area contributed by atoms with Gasteiger partial charge < -0.3 is 0 Å². The minimum atomic E-state index is -2.74. The lowest BCUT2D eigenvalue weighted by Gasteiger charge is -2.28. The molecule has 7 rings (SSSR count). The summed E-state index contributed by atoms with van der Waals surface area (Å²) in [4.78, 5) is 0. The Balaban J connectivity index is 1.70. The van der Waals surface area contributed by atoms with Gasteiger partial charge in [0.2, 0.25) is 0 Å². The Kier molecular flexibility index (Phi) is 5.59. The van der Waals surface area contributed by atoms with E-state index in [1.54, 1.807) is 0 Å². The third kappa shape index (κ3) is 3.67. The van der Waals surface area contributed by atoms with Crippen LogP contribution in [0.15, 0.2) is 155 Å². The number of hydrogen-bond acceptors (Lipinski definition) is 3. The highest BCUT2D eigenvalue weighted by atomic mass is 31.2. The van der Waals surface area contributed by atoms with E-state index in [1.165, 1.54) is 0 Å². The number of rotatable bonds is 4. The fourth-order valence-electron chi connectivity index (χ4n) is 5.37. The summed E-state index contributed by atoms with van der Waals surface area (Å²) in [5.74, 6) is 0.629. The van der Waals surface area contributed by atoms with Gasteiger partial charge in [-0.25, -0.2) is 9.51 Å². The van der Waals surface area contributed by atoms with Crippen LogP contribution in [0.25, 0.3) is 27.6 Å². The van der Waals surface area contributed by atoms with Crippen molar-refractivity contribution in [2.24, 2.45) is 9.51 Å². The molecular weight excluding hydrogens is 495 g/mol. The third-order valence-corrected chi connectivity index (χ3v) is 10.1. The van der Waals surface area contributed by atoms with Gasteiger partial charge in [0.25, 0.3) is 0 Å². The number of benzene rings is 5. The quantitative estimate of drug-likeness (QED) is 0.220. The van der Waals surface area contributed by atoms with Crippen LogP contribution < -0.4 is 10.6 Å². The van der Waals surface area contributed by atoms with Crippen molar-refractivity contribution in [3.05, 3.63) is 151 Å². The normalized spacial score (nSPS) is 14.6. The first-order valence-corrected chi connectivity index (χ1v) is 14.5. The molecule has 6 aromatic rings. The molecule has 0 fully saturated rings. The van der Waals surface area contributed by atoms with Crippen molar-refractivity contribution < 1.29 is 0 Å². The van der Waals surface area contributed by atoms with Crippen LogP contribution in [0, 0.1) is 11.3 Å². The van der Waals surface area contributed by atoms with Gasteiger partial charge in [-0.05, 0) is 12.1 Å². The number of hydrogen-bond donors (Lipinski definition) is 0. The largest absolute Gasteiger partial charge is 0.293 e. The zero-order chi connectivity index (χ0) is 26.2. The summed E-state index contributed by atoms with van der Waals surface area (Å²) < 4.78 is 13.2. The van der Waals surface area contributed by atoms with Gasteiger partial charge in [-0.2, -0.15) is 5.26 Å². The molecular formula is C34H23N4P. The molecule has 0 saturated carbocycles. The third-order valence-electron chi connectivity index (χ3n) is 7.13. The van der Waals surface area contributed by atoms with E-state index in [1.807, 2.05) is 78.9 Å². The SMILES string of the molecule is N#CC1=C(n2c3ccccc3c3ccccc32)N=P(c2ccccc2)(c2ccccc2)N=C1c1ccccc1. The van der Waals surface area contributed by atoms with Crippen LogP contribution in [0.2, 0.25) is 0 Å². The van der Waals surface area contributed by atoms with Gasteiger partial charge in [-0.15, -0.1) is 0 Å². The molecule has 0 atom stereocenters. The molecule has 39 heavy (non-hydrogen) atoms. The van der Waals surface area contributed by atoms with Crippen LogP contribution in [0.3, 0.4) is 0 Å². The molecule has 2 heterocycles. The van der Waals surface area contributed by atoms with Crippen molar-refractivity contribution in [3.63, 3.8) is 0 Å². The highest BCUT2D eigenvalue weighted by Crippen LogP contribution is 2.55. The minimum absolute atomic E-state index is 0.468. The summed E-state index contributed by atoms with van der Waals surface area (Å²) in [6.07, 6.45) is 0. The maximum Gasteiger partial charge on any atom is 0.159 e. The first kappa shape index (κ1) is 23.2. The number of allylic oxidation sites excluding steroid dienone is 1. The molecule has 5 heteroatoms. The van der Waals surface area contributed by atoms with Crippen LogP contribution in [0.5, 0.6) is 0 Å². The van der Waals surface area contributed by atoms with Gasteiger partial charge in [0.15, 0.2) is 5.82 Å². The molecule has 4 nitrogen and oxygen atoms in total. The lowest BCUT2D eigenvalue weighted by molar-refractivity contribution is 1.17. The van der Waals surface area contributed by atoms with E-state index >= 15 is 0 Å². The molecule has 0 unspecified atom stereocenters. The zero-order valence-corrected chi connectivity index (χ0v) is 21.9. The van der Waals surface area contributed by atoms with Crippen molar-refractivity contribution in [2.45, 2.75) is 0 Å². The summed E-state index contributed by atoms with van der Waals surface area (Å²) >= 11 is 0. The van der Waals surface area contributed by atoms with E-state index in [4.69, 9.17) is 9.51 Å². The number of nitriles is 1. The lowest BCUT2D eigenvalue weighted by Crippen LogP contribution is -2.21. The highest BCUT2D eigenvalue weighted by Gasteiger charge is 2.33. The van der Waals surface area contributed by atoms with Crippen molar-refractivity contribution in [3.8, 4) is 6.07 Å². The summed E-state index contributed by atoms with van der Waals surface area (Å²) in [5.41, 5.74) is 4.07. The monoisotopic (exact) mass is 518 g/mol. The molecule has 1 aromatic heterocycles. The van der Waals surface area contributed by atoms with Gasteiger partial charge in [0.05, 0.1) is 16.7 Å². The molecule has 0 N–H and O–H groups in total. The summed E-state index contributed by atoms with van der Waals surface area (Å²) in [6, 6.07) is 49.8. The molecule has 1 aliphatic rings. The van der Waals surface area contributed by atoms with Crippen LogP contribution >= 0.6 is 7.21 Å². The summed E-state index contributed by atoms with van der Waals surface area (Å²) in [7, 11) is -2.74. The predicted molar refractivity (Wildman–Crippen MR) is 163 cm³/mol. The smallest absolute Gasteiger partial charge is 0.159 e. The fraction of sp³-hybridized carbons (Fsp3) is 0. The molecule has 1 aliphatic heterocycles. The van der Waals surface area contributed by atoms with Crippen molar-refractivity contribution in [1.29, 1.82) is 5.26 Å². The van der Waals surface area contributed by atoms with E-state index < -0.39 is 7.21 Å². The summed E-state index contributed by atoms with van der Waals surface area (Å²) in [6.45, 7) is 0. The second kappa shape index (κ2) is 9.40. The molecule has 5 aromatic carbocycles. The standard InChI is InChI=1S/C34H23N4P/c35-24-30-33(25-14-4-1-5-15-25)36-39(26-16-6-2-7-17-26,27-18-8-3-9-19-27)37-34(30)38-31-22-12-10-20-28(31)29-21-11-13-23-32(29)38/h1-23H. The molecule has 0 bridgehead atoms. The van der Waals surface area contributed by atoms with E-state index in [9.17, 15) is 5.26 Å². The van der Waals surface area contributed by atoms with Crippen LogP contribution in [-0.4, -0.2) is 10.3 Å². The second-order valence-electron chi connectivity index (χ2n) is 9.37. The minimum Gasteiger partial charge on any atom is -0.293 e. The van der Waals surface area contributed by atoms with Crippen molar-refractivity contribution in [1.82, 2.24) is 4.57 Å². The first-order chi connectivity index (χ1) is 19.3. The zero-order valence-electron chi connectivity index (χ0n) is 21.0. The number of fused-ring (bicyclic) bond motifs is 3. The number of para-hydroxylation sites is 2. The predicted octanol–water partition coefficient (Wildman–Crippen LogP) is 7.76. The molecule has 0 saturated heterocycles. The number of nitrogens with zero attached hydrogens (tertiary/aromatic N) is 4. The number of aromatic nitrogens is 1. The van der Waals surface area contributed by atoms with Gasteiger partial charge in [-0.3, -0.25) is 4.57 Å². The van der Waals surface area contributed by atoms with Crippen LogP contribution in [0.4, 0.5) is 0 Å². The Morgan fingerprint density at radius 1 is 0.564 bits per heavy atom. The first-order valence-electron chi connectivity index (χ1n) is 12.8. The average Bonchev–Trinajstić information content (AvgIpc) is 3.36. The fourth-order valence-corrected chi connectivity index (χ4v) is 8.32. The lowest BCUT2D eigenvalue weighted by atomic mass is 10.0. The van der Waals surface area contributed by atoms with Gasteiger partial charge >= 0.3 is 0 Å². The Hall–Kier alpha value is -4.97. The van der Waals surface area contributed by atoms with Gasteiger partial charge in [0.1, 0.15) is 18.8 Å². The van der Waals surface area contributed by atoms with Crippen molar-refractivity contribution in [2.75, 3.05) is 0 Å². The Morgan fingerprint density at radius 2 is 1.03 bits per heavy atom. The highest BCUT2D eigenvalue weighted by molar-refractivity contribution is 7.80. The Bertz CT molecular complexity index is 1920. The molecule has 184 valence electrons. The molecule has 0 amide bonds. The van der Waals surface area contributed by atoms with Crippen LogP contribution in [0.1, 0.15) is 5.56 Å². The van der Waals surface area contributed by atoms with E-state index in [2.05, 4.69) is 71.3 Å². The van der Waals surface area contributed by atoms with Gasteiger partial charge in [-0.1, -0.05) is 127 Å². The maximum absolute atomic E-state index is 10.7. The van der Waals surface area contributed by atoms with E-state index in [0.717, 1.165) is 38.0 Å². The van der Waals surface area contributed by atoms with Crippen molar-refractivity contribution >= 4 is 51.2 Å². The molecule has 0 aliphatic carbocycles. The van der Waals surface area contributed by atoms with E-state index in [-0.39, 0.29) is 0 Å². The second-order valence-corrected chi connectivity index (χ2v) is 12.0. The maximum atomic E-state index is 10.7. The summed E-state index contributed by atoms with van der Waals surface area (Å²) in [5, 5.41) is 15.0. The topological polar surface area (TPSA) is 53.4 Å². The van der Waals surface area contributed by atoms with Gasteiger partial charge in [0, 0.05) is 26.9 Å². The average molecular weight is 519 g/mol. The van der Waals surface area contributed by atoms with E-state index in [0.29, 0.717) is 17.1 Å². The molecule has 0 radical (unpaired) electrons. The Morgan fingerprint density at radius 3 is 1.54 bits per heavy atom. The Labute approximate surface area is 226 Å². The van der Waals surface area contributed by atoms with Crippen LogP contribution in [-0.2, 0) is 0 Å².